The Balaban J connectivity index is 1.76. The molecular formula is C23H21N3O7S. The van der Waals surface area contributed by atoms with E-state index >= 15 is 0 Å². The minimum atomic E-state index is -4.26. The average molecular weight is 484 g/mol. The summed E-state index contributed by atoms with van der Waals surface area (Å²) in [4.78, 5) is 35.0. The zero-order chi connectivity index (χ0) is 24.9. The zero-order valence-electron chi connectivity index (χ0n) is 18.2. The zero-order valence-corrected chi connectivity index (χ0v) is 19.0. The van der Waals surface area contributed by atoms with Gasteiger partial charge in [0.2, 0.25) is 0 Å². The number of nitrogens with one attached hydrogen (secondary N) is 2. The number of carbonyl (C=O) groups excluding carboxylic acids is 2. The van der Waals surface area contributed by atoms with E-state index in [0.29, 0.717) is 5.69 Å². The number of nitrogens with zero attached hydrogens (tertiary/aromatic N) is 1. The van der Waals surface area contributed by atoms with Gasteiger partial charge in [0.15, 0.2) is 6.10 Å². The summed E-state index contributed by atoms with van der Waals surface area (Å²) in [6.07, 6.45) is -1.17. The fourth-order valence-corrected chi connectivity index (χ4v) is 4.08. The SMILES string of the molecule is Cc1cccc(NC(=O)C(C)OC(=O)c2ccccc2NS(=O)(=O)c2cccc([N+](=O)[O-])c2)c1. The second kappa shape index (κ2) is 10.1. The van der Waals surface area contributed by atoms with Crippen molar-refractivity contribution in [3.63, 3.8) is 0 Å². The maximum atomic E-state index is 12.8. The highest BCUT2D eigenvalue weighted by atomic mass is 32.2. The number of amides is 1. The van der Waals surface area contributed by atoms with Crippen LogP contribution in [0.2, 0.25) is 0 Å². The lowest BCUT2D eigenvalue weighted by Gasteiger charge is -2.16. The van der Waals surface area contributed by atoms with Crippen LogP contribution in [0, 0.1) is 17.0 Å². The first kappa shape index (κ1) is 24.4. The number of rotatable bonds is 8. The number of carbonyl (C=O) groups is 2. The Hall–Kier alpha value is -4.25. The van der Waals surface area contributed by atoms with Crippen molar-refractivity contribution in [2.24, 2.45) is 0 Å². The maximum Gasteiger partial charge on any atom is 0.341 e. The predicted molar refractivity (Wildman–Crippen MR) is 125 cm³/mol. The van der Waals surface area contributed by atoms with E-state index in [0.717, 1.165) is 17.7 Å². The van der Waals surface area contributed by atoms with Crippen molar-refractivity contribution in [1.29, 1.82) is 0 Å². The number of non-ortho nitro benzene ring substituents is 1. The average Bonchev–Trinajstić information content (AvgIpc) is 2.79. The molecule has 0 heterocycles. The number of nitro benzene ring substituents is 1. The molecular weight excluding hydrogens is 462 g/mol. The van der Waals surface area contributed by atoms with E-state index in [2.05, 4.69) is 10.0 Å². The molecule has 0 saturated carbocycles. The minimum absolute atomic E-state index is 0.106. The minimum Gasteiger partial charge on any atom is -0.449 e. The summed E-state index contributed by atoms with van der Waals surface area (Å²) >= 11 is 0. The third-order valence-electron chi connectivity index (χ3n) is 4.67. The summed E-state index contributed by atoms with van der Waals surface area (Å²) in [5.41, 5.74) is 0.839. The number of sulfonamides is 1. The van der Waals surface area contributed by atoms with Crippen LogP contribution in [0.4, 0.5) is 17.1 Å². The number of benzene rings is 3. The van der Waals surface area contributed by atoms with E-state index < -0.39 is 38.6 Å². The van der Waals surface area contributed by atoms with Crippen molar-refractivity contribution < 1.29 is 27.7 Å². The number of esters is 1. The standard InChI is InChI=1S/C23H21N3O7S/c1-15-7-5-8-17(13-15)24-22(27)16(2)33-23(28)20-11-3-4-12-21(20)25-34(31,32)19-10-6-9-18(14-19)26(29)30/h3-14,16,25H,1-2H3,(H,24,27). The molecule has 1 amide bonds. The molecule has 0 aromatic heterocycles. The Morgan fingerprint density at radius 2 is 1.71 bits per heavy atom. The second-order valence-corrected chi connectivity index (χ2v) is 8.99. The second-order valence-electron chi connectivity index (χ2n) is 7.31. The fraction of sp³-hybridized carbons (Fsp3) is 0.130. The number of anilines is 2. The quantitative estimate of drug-likeness (QED) is 0.281. The summed E-state index contributed by atoms with van der Waals surface area (Å²) in [5.74, 6) is -1.49. The summed E-state index contributed by atoms with van der Waals surface area (Å²) in [5, 5.41) is 13.6. The van der Waals surface area contributed by atoms with E-state index in [1.54, 1.807) is 18.2 Å². The lowest BCUT2D eigenvalue weighted by atomic mass is 10.2. The van der Waals surface area contributed by atoms with Crippen LogP contribution >= 0.6 is 0 Å². The molecule has 0 bridgehead atoms. The normalized spacial score (nSPS) is 11.8. The first-order chi connectivity index (χ1) is 16.1. The molecule has 0 radical (unpaired) electrons. The van der Waals surface area contributed by atoms with Crippen molar-refractivity contribution in [2.45, 2.75) is 24.8 Å². The van der Waals surface area contributed by atoms with E-state index in [4.69, 9.17) is 4.74 Å². The van der Waals surface area contributed by atoms with E-state index in [1.807, 2.05) is 13.0 Å². The Morgan fingerprint density at radius 1 is 1.00 bits per heavy atom. The largest absolute Gasteiger partial charge is 0.449 e. The molecule has 0 aliphatic heterocycles. The number of hydrogen-bond donors (Lipinski definition) is 2. The molecule has 1 unspecified atom stereocenters. The van der Waals surface area contributed by atoms with Gasteiger partial charge in [0.25, 0.3) is 21.6 Å². The van der Waals surface area contributed by atoms with Crippen LogP contribution in [-0.2, 0) is 19.6 Å². The van der Waals surface area contributed by atoms with Gasteiger partial charge in [-0.25, -0.2) is 13.2 Å². The molecule has 0 aliphatic rings. The molecule has 2 N–H and O–H groups in total. The predicted octanol–water partition coefficient (Wildman–Crippen LogP) is 3.89. The molecule has 11 heteroatoms. The Kier molecular flexibility index (Phi) is 7.27. The van der Waals surface area contributed by atoms with Crippen LogP contribution in [-0.4, -0.2) is 31.3 Å². The smallest absolute Gasteiger partial charge is 0.341 e. The number of hydrogen-bond acceptors (Lipinski definition) is 7. The van der Waals surface area contributed by atoms with E-state index in [-0.39, 0.29) is 16.1 Å². The maximum absolute atomic E-state index is 12.8. The number of nitro groups is 1. The van der Waals surface area contributed by atoms with Gasteiger partial charge < -0.3 is 10.1 Å². The lowest BCUT2D eigenvalue weighted by molar-refractivity contribution is -0.385. The van der Waals surface area contributed by atoms with Gasteiger partial charge in [-0.3, -0.25) is 19.6 Å². The van der Waals surface area contributed by atoms with Gasteiger partial charge in [-0.05, 0) is 49.7 Å². The summed E-state index contributed by atoms with van der Waals surface area (Å²) < 4.78 is 33.0. The highest BCUT2D eigenvalue weighted by molar-refractivity contribution is 7.92. The lowest BCUT2D eigenvalue weighted by Crippen LogP contribution is -2.30. The van der Waals surface area contributed by atoms with Gasteiger partial charge >= 0.3 is 5.97 Å². The molecule has 0 aliphatic carbocycles. The molecule has 176 valence electrons. The fourth-order valence-electron chi connectivity index (χ4n) is 2.96. The van der Waals surface area contributed by atoms with Gasteiger partial charge in [0.05, 0.1) is 21.1 Å². The molecule has 0 spiro atoms. The summed E-state index contributed by atoms with van der Waals surface area (Å²) in [7, 11) is -4.26. The molecule has 1 atom stereocenters. The third kappa shape index (κ3) is 5.95. The van der Waals surface area contributed by atoms with Gasteiger partial charge in [0, 0.05) is 17.8 Å². The van der Waals surface area contributed by atoms with Crippen LogP contribution in [0.25, 0.3) is 0 Å². The Morgan fingerprint density at radius 3 is 2.41 bits per heavy atom. The highest BCUT2D eigenvalue weighted by Crippen LogP contribution is 2.24. The van der Waals surface area contributed by atoms with Crippen molar-refractivity contribution in [3.8, 4) is 0 Å². The first-order valence-electron chi connectivity index (χ1n) is 10.0. The topological polar surface area (TPSA) is 145 Å². The van der Waals surface area contributed by atoms with Gasteiger partial charge in [0.1, 0.15) is 0 Å². The molecule has 3 aromatic carbocycles. The van der Waals surface area contributed by atoms with Crippen LogP contribution in [0.3, 0.4) is 0 Å². The highest BCUT2D eigenvalue weighted by Gasteiger charge is 2.24. The summed E-state index contributed by atoms with van der Waals surface area (Å²) in [6.45, 7) is 3.25. The van der Waals surface area contributed by atoms with Crippen LogP contribution in [0.15, 0.2) is 77.7 Å². The van der Waals surface area contributed by atoms with Gasteiger partial charge in [-0.15, -0.1) is 0 Å². The first-order valence-corrected chi connectivity index (χ1v) is 11.5. The van der Waals surface area contributed by atoms with E-state index in [1.165, 1.54) is 43.3 Å². The van der Waals surface area contributed by atoms with Gasteiger partial charge in [-0.1, -0.05) is 30.3 Å². The van der Waals surface area contributed by atoms with E-state index in [9.17, 15) is 28.1 Å². The number of aryl methyl sites for hydroxylation is 1. The van der Waals surface area contributed by atoms with Crippen molar-refractivity contribution >= 4 is 39.0 Å². The number of ether oxygens (including phenoxy) is 1. The molecule has 3 aromatic rings. The molecule has 0 fully saturated rings. The molecule has 3 rings (SSSR count). The summed E-state index contributed by atoms with van der Waals surface area (Å²) in [6, 6.07) is 17.2. The monoisotopic (exact) mass is 483 g/mol. The van der Waals surface area contributed by atoms with Crippen molar-refractivity contribution in [2.75, 3.05) is 10.0 Å². The van der Waals surface area contributed by atoms with Crippen LogP contribution < -0.4 is 10.0 Å². The van der Waals surface area contributed by atoms with Crippen molar-refractivity contribution in [3.05, 3.63) is 94.0 Å². The molecule has 10 nitrogen and oxygen atoms in total. The molecule has 34 heavy (non-hydrogen) atoms. The Labute approximate surface area is 195 Å². The number of para-hydroxylation sites is 1. The van der Waals surface area contributed by atoms with Gasteiger partial charge in [-0.2, -0.15) is 0 Å². The molecule has 0 saturated heterocycles. The van der Waals surface area contributed by atoms with Crippen LogP contribution in [0.5, 0.6) is 0 Å². The Bertz CT molecular complexity index is 1360. The third-order valence-corrected chi connectivity index (χ3v) is 6.03. The van der Waals surface area contributed by atoms with Crippen molar-refractivity contribution in [1.82, 2.24) is 0 Å². The van der Waals surface area contributed by atoms with Crippen LogP contribution in [0.1, 0.15) is 22.8 Å².